The number of hydrogen-bond acceptors (Lipinski definition) is 3. The molecule has 2 aliphatic rings. The molecule has 1 aromatic heterocycles. The Kier molecular flexibility index (Phi) is 5.07. The second kappa shape index (κ2) is 7.47. The van der Waals surface area contributed by atoms with Gasteiger partial charge >= 0.3 is 0 Å². The molecule has 5 heteroatoms. The molecular weight excluding hydrogens is 342 g/mol. The minimum Gasteiger partial charge on any atom is -0.352 e. The van der Waals surface area contributed by atoms with Crippen LogP contribution < -0.4 is 5.32 Å². The molecule has 0 saturated heterocycles. The van der Waals surface area contributed by atoms with Crippen molar-refractivity contribution < 1.29 is 4.79 Å². The number of carbonyl (C=O) groups is 1. The zero-order chi connectivity index (χ0) is 18.1. The van der Waals surface area contributed by atoms with Crippen LogP contribution in [0.25, 0.3) is 5.69 Å². The number of thioether (sulfide) groups is 1. The number of imidazole rings is 1. The fourth-order valence-corrected chi connectivity index (χ4v) is 4.29. The van der Waals surface area contributed by atoms with E-state index < -0.39 is 0 Å². The third-order valence-corrected chi connectivity index (χ3v) is 6.33. The maximum Gasteiger partial charge on any atom is 0.230 e. The Morgan fingerprint density at radius 2 is 1.85 bits per heavy atom. The van der Waals surface area contributed by atoms with Gasteiger partial charge in [0, 0.05) is 24.1 Å². The quantitative estimate of drug-likeness (QED) is 0.702. The highest BCUT2D eigenvalue weighted by Gasteiger charge is 2.42. The smallest absolute Gasteiger partial charge is 0.230 e. The lowest BCUT2D eigenvalue weighted by atomic mass is 10.0. The van der Waals surface area contributed by atoms with Crippen LogP contribution in [0.3, 0.4) is 0 Å². The average molecular weight is 370 g/mol. The second-order valence-corrected chi connectivity index (χ2v) is 8.83. The van der Waals surface area contributed by atoms with Crippen molar-refractivity contribution in [3.05, 3.63) is 42.2 Å². The second-order valence-electron chi connectivity index (χ2n) is 7.88. The highest BCUT2D eigenvalue weighted by atomic mass is 32.2. The van der Waals surface area contributed by atoms with E-state index in [0.29, 0.717) is 17.7 Å². The molecular formula is C21H27N3OS. The Hall–Kier alpha value is -1.75. The molecule has 2 saturated carbocycles. The SMILES string of the molecule is CC(C)c1ccc(-n2ccnc2SCC(=O)NC(C2CC2)C2CC2)cc1. The summed E-state index contributed by atoms with van der Waals surface area (Å²) in [5.74, 6) is 2.56. The van der Waals surface area contributed by atoms with E-state index >= 15 is 0 Å². The summed E-state index contributed by atoms with van der Waals surface area (Å²) >= 11 is 1.51. The Morgan fingerprint density at radius 3 is 2.42 bits per heavy atom. The van der Waals surface area contributed by atoms with E-state index in [1.807, 2.05) is 6.20 Å². The minimum atomic E-state index is 0.142. The Labute approximate surface area is 159 Å². The molecule has 0 bridgehead atoms. The van der Waals surface area contributed by atoms with Crippen molar-refractivity contribution in [2.24, 2.45) is 11.8 Å². The summed E-state index contributed by atoms with van der Waals surface area (Å²) in [5, 5.41) is 4.15. The zero-order valence-electron chi connectivity index (χ0n) is 15.5. The average Bonchev–Trinajstić information content (AvgIpc) is 3.56. The van der Waals surface area contributed by atoms with Crippen molar-refractivity contribution in [3.8, 4) is 5.69 Å². The number of hydrogen-bond donors (Lipinski definition) is 1. The monoisotopic (exact) mass is 369 g/mol. The summed E-state index contributed by atoms with van der Waals surface area (Å²) in [4.78, 5) is 16.9. The van der Waals surface area contributed by atoms with Gasteiger partial charge in [0.1, 0.15) is 0 Å². The molecule has 0 spiro atoms. The van der Waals surface area contributed by atoms with Gasteiger partial charge in [0.05, 0.1) is 5.75 Å². The lowest BCUT2D eigenvalue weighted by Crippen LogP contribution is -2.39. The van der Waals surface area contributed by atoms with Crippen LogP contribution in [0.2, 0.25) is 0 Å². The third kappa shape index (κ3) is 4.14. The van der Waals surface area contributed by atoms with Crippen LogP contribution in [0.15, 0.2) is 41.8 Å². The number of carbonyl (C=O) groups excluding carboxylic acids is 1. The van der Waals surface area contributed by atoms with E-state index in [4.69, 9.17) is 0 Å². The summed E-state index contributed by atoms with van der Waals surface area (Å²) in [6.45, 7) is 4.39. The van der Waals surface area contributed by atoms with Crippen LogP contribution in [0.5, 0.6) is 0 Å². The van der Waals surface area contributed by atoms with E-state index in [1.165, 1.54) is 43.0 Å². The van der Waals surface area contributed by atoms with Crippen molar-refractivity contribution in [3.63, 3.8) is 0 Å². The van der Waals surface area contributed by atoms with Gasteiger partial charge in [-0.2, -0.15) is 0 Å². The van der Waals surface area contributed by atoms with Gasteiger partial charge in [-0.1, -0.05) is 37.7 Å². The molecule has 1 aromatic carbocycles. The van der Waals surface area contributed by atoms with E-state index in [9.17, 15) is 4.79 Å². The molecule has 0 aliphatic heterocycles. The molecule has 0 radical (unpaired) electrons. The summed E-state index contributed by atoms with van der Waals surface area (Å²) in [7, 11) is 0. The lowest BCUT2D eigenvalue weighted by molar-refractivity contribution is -0.119. The van der Waals surface area contributed by atoms with Gasteiger partial charge in [-0.05, 0) is 61.1 Å². The van der Waals surface area contributed by atoms with Crippen molar-refractivity contribution in [1.29, 1.82) is 0 Å². The first-order valence-electron chi connectivity index (χ1n) is 9.67. The highest BCUT2D eigenvalue weighted by molar-refractivity contribution is 7.99. The van der Waals surface area contributed by atoms with Crippen LogP contribution in [-0.4, -0.2) is 27.3 Å². The Morgan fingerprint density at radius 1 is 1.19 bits per heavy atom. The summed E-state index contributed by atoms with van der Waals surface area (Å²) < 4.78 is 2.06. The predicted octanol–water partition coefficient (Wildman–Crippen LogP) is 4.39. The van der Waals surface area contributed by atoms with Crippen LogP contribution in [0.4, 0.5) is 0 Å². The molecule has 26 heavy (non-hydrogen) atoms. The van der Waals surface area contributed by atoms with Gasteiger partial charge in [-0.25, -0.2) is 4.98 Å². The molecule has 1 amide bonds. The number of amides is 1. The molecule has 2 aliphatic carbocycles. The number of nitrogens with zero attached hydrogens (tertiary/aromatic N) is 2. The molecule has 0 atom stereocenters. The first-order chi connectivity index (χ1) is 12.6. The van der Waals surface area contributed by atoms with Gasteiger partial charge in [0.2, 0.25) is 5.91 Å². The van der Waals surface area contributed by atoms with Crippen molar-refractivity contribution in [2.45, 2.75) is 56.6 Å². The molecule has 138 valence electrons. The van der Waals surface area contributed by atoms with Gasteiger partial charge < -0.3 is 5.32 Å². The Balaban J connectivity index is 1.37. The predicted molar refractivity (Wildman–Crippen MR) is 106 cm³/mol. The van der Waals surface area contributed by atoms with Gasteiger partial charge in [-0.3, -0.25) is 9.36 Å². The summed E-state index contributed by atoms with van der Waals surface area (Å²) in [6, 6.07) is 8.99. The van der Waals surface area contributed by atoms with Gasteiger partial charge in [0.15, 0.2) is 5.16 Å². The lowest BCUT2D eigenvalue weighted by Gasteiger charge is -2.17. The Bertz CT molecular complexity index is 748. The fraction of sp³-hybridized carbons (Fsp3) is 0.524. The largest absolute Gasteiger partial charge is 0.352 e. The molecule has 1 heterocycles. The first-order valence-corrected chi connectivity index (χ1v) is 10.7. The number of aromatic nitrogens is 2. The van der Waals surface area contributed by atoms with Crippen LogP contribution in [0, 0.1) is 11.8 Å². The minimum absolute atomic E-state index is 0.142. The molecule has 1 N–H and O–H groups in total. The number of rotatable bonds is 8. The molecule has 4 nitrogen and oxygen atoms in total. The topological polar surface area (TPSA) is 46.9 Å². The van der Waals surface area contributed by atoms with E-state index in [1.54, 1.807) is 6.20 Å². The maximum atomic E-state index is 12.4. The third-order valence-electron chi connectivity index (χ3n) is 5.36. The van der Waals surface area contributed by atoms with Crippen LogP contribution >= 0.6 is 11.8 Å². The van der Waals surface area contributed by atoms with E-state index in [2.05, 4.69) is 53.0 Å². The summed E-state index contributed by atoms with van der Waals surface area (Å²) in [5.41, 5.74) is 2.41. The fourth-order valence-electron chi connectivity index (χ4n) is 3.50. The van der Waals surface area contributed by atoms with Crippen molar-refractivity contribution >= 4 is 17.7 Å². The first kappa shape index (κ1) is 17.7. The number of benzene rings is 1. The maximum absolute atomic E-state index is 12.4. The zero-order valence-corrected chi connectivity index (χ0v) is 16.3. The van der Waals surface area contributed by atoms with Gasteiger partial charge in [-0.15, -0.1) is 0 Å². The normalized spacial score (nSPS) is 17.1. The van der Waals surface area contributed by atoms with Gasteiger partial charge in [0.25, 0.3) is 0 Å². The summed E-state index contributed by atoms with van der Waals surface area (Å²) in [6.07, 6.45) is 8.89. The van der Waals surface area contributed by atoms with E-state index in [-0.39, 0.29) is 5.91 Å². The van der Waals surface area contributed by atoms with E-state index in [0.717, 1.165) is 22.7 Å². The molecule has 4 rings (SSSR count). The highest BCUT2D eigenvalue weighted by Crippen LogP contribution is 2.44. The molecule has 0 unspecified atom stereocenters. The van der Waals surface area contributed by atoms with Crippen LogP contribution in [0.1, 0.15) is 51.0 Å². The molecule has 2 fully saturated rings. The number of nitrogens with one attached hydrogen (secondary N) is 1. The standard InChI is InChI=1S/C21H27N3OS/c1-14(2)15-7-9-18(10-8-15)24-12-11-22-21(24)26-13-19(25)23-20(16-3-4-16)17-5-6-17/h7-12,14,16-17,20H,3-6,13H2,1-2H3,(H,23,25). The van der Waals surface area contributed by atoms with Crippen LogP contribution in [-0.2, 0) is 4.79 Å². The molecule has 2 aromatic rings. The van der Waals surface area contributed by atoms with Crippen molar-refractivity contribution in [1.82, 2.24) is 14.9 Å². The van der Waals surface area contributed by atoms with Crippen molar-refractivity contribution in [2.75, 3.05) is 5.75 Å².